The fraction of sp³-hybridized carbons (Fsp3) is 0.0714. The molecule has 4 nitrogen and oxygen atoms in total. The average molecular weight is 342 g/mol. The Kier molecular flexibility index (Phi) is 5.22. The number of nitrogens with zero attached hydrogens (tertiary/aromatic N) is 1. The predicted molar refractivity (Wildman–Crippen MR) is 84.6 cm³/mol. The van der Waals surface area contributed by atoms with Crippen LogP contribution >= 0.6 is 35.0 Å². The van der Waals surface area contributed by atoms with Crippen molar-refractivity contribution in [2.45, 2.75) is 4.90 Å². The summed E-state index contributed by atoms with van der Waals surface area (Å²) in [5.41, 5.74) is 0.508. The van der Waals surface area contributed by atoms with Crippen LogP contribution in [0.1, 0.15) is 10.4 Å². The Balaban J connectivity index is 2.00. The zero-order valence-electron chi connectivity index (χ0n) is 10.6. The number of ketones is 1. The lowest BCUT2D eigenvalue weighted by molar-refractivity contribution is -0.384. The van der Waals surface area contributed by atoms with E-state index in [-0.39, 0.29) is 17.2 Å². The number of hydrogen-bond acceptors (Lipinski definition) is 4. The Morgan fingerprint density at radius 2 is 1.76 bits per heavy atom. The van der Waals surface area contributed by atoms with Gasteiger partial charge in [-0.25, -0.2) is 0 Å². The normalized spacial score (nSPS) is 10.4. The van der Waals surface area contributed by atoms with Crippen molar-refractivity contribution in [1.29, 1.82) is 0 Å². The molecule has 21 heavy (non-hydrogen) atoms. The maximum absolute atomic E-state index is 12.0. The zero-order valence-corrected chi connectivity index (χ0v) is 12.9. The van der Waals surface area contributed by atoms with E-state index in [0.717, 1.165) is 4.90 Å². The van der Waals surface area contributed by atoms with Gasteiger partial charge in [0.2, 0.25) is 0 Å². The van der Waals surface area contributed by atoms with E-state index in [4.69, 9.17) is 23.2 Å². The van der Waals surface area contributed by atoms with Gasteiger partial charge in [-0.05, 0) is 30.3 Å². The molecule has 2 aromatic carbocycles. The van der Waals surface area contributed by atoms with E-state index in [2.05, 4.69) is 0 Å². The van der Waals surface area contributed by atoms with Crippen LogP contribution in [-0.4, -0.2) is 16.5 Å². The first-order valence-electron chi connectivity index (χ1n) is 5.83. The average Bonchev–Trinajstić information content (AvgIpc) is 2.48. The number of nitro benzene ring substituents is 1. The monoisotopic (exact) mass is 341 g/mol. The molecule has 0 bridgehead atoms. The fourth-order valence-electron chi connectivity index (χ4n) is 1.57. The van der Waals surface area contributed by atoms with E-state index >= 15 is 0 Å². The second-order valence-corrected chi connectivity index (χ2v) is 5.95. The zero-order chi connectivity index (χ0) is 15.4. The van der Waals surface area contributed by atoms with Crippen molar-refractivity contribution in [1.82, 2.24) is 0 Å². The van der Waals surface area contributed by atoms with Crippen molar-refractivity contribution in [3.63, 3.8) is 0 Å². The molecule has 7 heteroatoms. The van der Waals surface area contributed by atoms with Gasteiger partial charge >= 0.3 is 0 Å². The molecular weight excluding hydrogens is 333 g/mol. The van der Waals surface area contributed by atoms with Gasteiger partial charge in [0, 0.05) is 22.6 Å². The summed E-state index contributed by atoms with van der Waals surface area (Å²) < 4.78 is 0. The van der Waals surface area contributed by atoms with Gasteiger partial charge in [0.1, 0.15) is 0 Å². The molecule has 0 amide bonds. The SMILES string of the molecule is O=C(CSc1ccc([N+](=O)[O-])cc1)c1ccc(Cl)c(Cl)c1. The van der Waals surface area contributed by atoms with Crippen molar-refractivity contribution in [2.24, 2.45) is 0 Å². The number of Topliss-reactive ketones (excluding diaryl/α,β-unsaturated/α-hetero) is 1. The van der Waals surface area contributed by atoms with Crippen molar-refractivity contribution in [3.05, 3.63) is 68.2 Å². The molecular formula is C14H9Cl2NO3S. The van der Waals surface area contributed by atoms with Crippen LogP contribution in [0.25, 0.3) is 0 Å². The molecule has 0 atom stereocenters. The molecule has 0 fully saturated rings. The van der Waals surface area contributed by atoms with Gasteiger partial charge in [-0.2, -0.15) is 0 Å². The molecule has 0 radical (unpaired) electrons. The Hall–Kier alpha value is -1.56. The molecule has 0 aromatic heterocycles. The van der Waals surface area contributed by atoms with Crippen molar-refractivity contribution >= 4 is 46.4 Å². The number of benzene rings is 2. The highest BCUT2D eigenvalue weighted by atomic mass is 35.5. The van der Waals surface area contributed by atoms with Gasteiger partial charge < -0.3 is 0 Å². The largest absolute Gasteiger partial charge is 0.293 e. The number of thioether (sulfide) groups is 1. The van der Waals surface area contributed by atoms with Crippen LogP contribution in [0.3, 0.4) is 0 Å². The van der Waals surface area contributed by atoms with E-state index in [1.54, 1.807) is 24.3 Å². The standard InChI is InChI=1S/C14H9Cl2NO3S/c15-12-6-1-9(7-13(12)16)14(18)8-21-11-4-2-10(3-5-11)17(19)20/h1-7H,8H2. The first-order valence-corrected chi connectivity index (χ1v) is 7.57. The highest BCUT2D eigenvalue weighted by molar-refractivity contribution is 8.00. The predicted octanol–water partition coefficient (Wildman–Crippen LogP) is 4.88. The van der Waals surface area contributed by atoms with Crippen LogP contribution in [0.15, 0.2) is 47.4 Å². The number of halogens is 2. The second-order valence-electron chi connectivity index (χ2n) is 4.09. The summed E-state index contributed by atoms with van der Waals surface area (Å²) >= 11 is 13.0. The molecule has 0 aliphatic heterocycles. The van der Waals surface area contributed by atoms with Gasteiger partial charge in [0.25, 0.3) is 5.69 Å². The van der Waals surface area contributed by atoms with Gasteiger partial charge in [0.15, 0.2) is 5.78 Å². The lowest BCUT2D eigenvalue weighted by Gasteiger charge is -2.03. The Labute approximate surface area is 135 Å². The van der Waals surface area contributed by atoms with Crippen LogP contribution in [0.5, 0.6) is 0 Å². The third-order valence-electron chi connectivity index (χ3n) is 2.66. The quantitative estimate of drug-likeness (QED) is 0.336. The lowest BCUT2D eigenvalue weighted by Crippen LogP contribution is -2.02. The topological polar surface area (TPSA) is 60.2 Å². The number of carbonyl (C=O) groups excluding carboxylic acids is 1. The fourth-order valence-corrected chi connectivity index (χ4v) is 2.66. The lowest BCUT2D eigenvalue weighted by atomic mass is 10.1. The van der Waals surface area contributed by atoms with E-state index in [0.29, 0.717) is 15.6 Å². The highest BCUT2D eigenvalue weighted by Crippen LogP contribution is 2.25. The number of carbonyl (C=O) groups is 1. The van der Waals surface area contributed by atoms with E-state index < -0.39 is 4.92 Å². The molecule has 108 valence electrons. The summed E-state index contributed by atoms with van der Waals surface area (Å²) in [5, 5.41) is 11.3. The van der Waals surface area contributed by atoms with Crippen LogP contribution in [0.4, 0.5) is 5.69 Å². The van der Waals surface area contributed by atoms with E-state index in [1.165, 1.54) is 30.0 Å². The number of nitro groups is 1. The van der Waals surface area contributed by atoms with Gasteiger partial charge in [-0.15, -0.1) is 11.8 Å². The molecule has 0 aliphatic rings. The first-order chi connectivity index (χ1) is 9.97. The smallest absolute Gasteiger partial charge is 0.269 e. The minimum absolute atomic E-state index is 0.0233. The Bertz CT molecular complexity index is 689. The molecule has 0 spiro atoms. The third kappa shape index (κ3) is 4.20. The molecule has 0 unspecified atom stereocenters. The minimum atomic E-state index is -0.463. The molecule has 0 aliphatic carbocycles. The van der Waals surface area contributed by atoms with Crippen molar-refractivity contribution in [2.75, 3.05) is 5.75 Å². The molecule has 0 heterocycles. The number of non-ortho nitro benzene ring substituents is 1. The van der Waals surface area contributed by atoms with Crippen molar-refractivity contribution in [3.8, 4) is 0 Å². The van der Waals surface area contributed by atoms with Crippen molar-refractivity contribution < 1.29 is 9.72 Å². The van der Waals surface area contributed by atoms with Crippen LogP contribution in [0, 0.1) is 10.1 Å². The third-order valence-corrected chi connectivity index (χ3v) is 4.41. The minimum Gasteiger partial charge on any atom is -0.293 e. The van der Waals surface area contributed by atoms with E-state index in [1.807, 2.05) is 0 Å². The molecule has 0 saturated heterocycles. The molecule has 0 saturated carbocycles. The first kappa shape index (κ1) is 15.8. The summed E-state index contributed by atoms with van der Waals surface area (Å²) in [6.07, 6.45) is 0. The maximum Gasteiger partial charge on any atom is 0.269 e. The number of rotatable bonds is 5. The Morgan fingerprint density at radius 1 is 1.10 bits per heavy atom. The summed E-state index contributed by atoms with van der Waals surface area (Å²) in [4.78, 5) is 22.9. The van der Waals surface area contributed by atoms with Crippen LogP contribution in [-0.2, 0) is 0 Å². The van der Waals surface area contributed by atoms with Gasteiger partial charge in [-0.3, -0.25) is 14.9 Å². The summed E-state index contributed by atoms with van der Waals surface area (Å²) in [6, 6.07) is 10.8. The second kappa shape index (κ2) is 6.93. The molecule has 2 aromatic rings. The van der Waals surface area contributed by atoms with E-state index in [9.17, 15) is 14.9 Å². The molecule has 0 N–H and O–H groups in total. The van der Waals surface area contributed by atoms with Gasteiger partial charge in [0.05, 0.1) is 20.7 Å². The Morgan fingerprint density at radius 3 is 2.33 bits per heavy atom. The van der Waals surface area contributed by atoms with Crippen LogP contribution in [0.2, 0.25) is 10.0 Å². The maximum atomic E-state index is 12.0. The van der Waals surface area contributed by atoms with Crippen LogP contribution < -0.4 is 0 Å². The number of hydrogen-bond donors (Lipinski definition) is 0. The van der Waals surface area contributed by atoms with Gasteiger partial charge in [-0.1, -0.05) is 23.2 Å². The summed E-state index contributed by atoms with van der Waals surface area (Å²) in [5.74, 6) is 0.132. The highest BCUT2D eigenvalue weighted by Gasteiger charge is 2.10. The molecule has 2 rings (SSSR count). The summed E-state index contributed by atoms with van der Waals surface area (Å²) in [6.45, 7) is 0. The summed E-state index contributed by atoms with van der Waals surface area (Å²) in [7, 11) is 0.